The van der Waals surface area contributed by atoms with Gasteiger partial charge in [-0.3, -0.25) is 29.3 Å². The van der Waals surface area contributed by atoms with Crippen LogP contribution in [0.3, 0.4) is 0 Å². The van der Waals surface area contributed by atoms with Gasteiger partial charge in [-0.25, -0.2) is 13.6 Å². The number of benzene rings is 3. The van der Waals surface area contributed by atoms with Gasteiger partial charge in [0, 0.05) is 80.3 Å². The topological polar surface area (TPSA) is 173 Å². The predicted octanol–water partition coefficient (Wildman–Crippen LogP) is 6.73. The molecule has 0 radical (unpaired) electrons. The van der Waals surface area contributed by atoms with E-state index in [4.69, 9.17) is 15.2 Å². The van der Waals surface area contributed by atoms with Crippen LogP contribution in [0.15, 0.2) is 54.6 Å². The van der Waals surface area contributed by atoms with Gasteiger partial charge in [-0.1, -0.05) is 42.5 Å². The molecule has 360 valence electrons. The third kappa shape index (κ3) is 8.87. The lowest BCUT2D eigenvalue weighted by Crippen LogP contribution is -2.51. The average molecular weight is 941 g/mol. The van der Waals surface area contributed by atoms with Crippen molar-refractivity contribution < 1.29 is 37.4 Å². The predicted molar refractivity (Wildman–Crippen MR) is 255 cm³/mol. The third-order valence-corrected chi connectivity index (χ3v) is 15.4. The zero-order chi connectivity index (χ0) is 48.1. The number of ether oxygens (including phenoxy) is 2. The van der Waals surface area contributed by atoms with Gasteiger partial charge in [0.25, 0.3) is 0 Å². The second kappa shape index (κ2) is 18.7. The van der Waals surface area contributed by atoms with Crippen molar-refractivity contribution in [2.45, 2.75) is 94.7 Å². The molecule has 14 nitrogen and oxygen atoms in total. The van der Waals surface area contributed by atoms with Crippen LogP contribution >= 0.6 is 0 Å². The van der Waals surface area contributed by atoms with Crippen LogP contribution in [-0.2, 0) is 28.7 Å². The number of likely N-dealkylation sites (tertiary alicyclic amines) is 1. The molecule has 5 amide bonds. The van der Waals surface area contributed by atoms with Crippen LogP contribution in [0.5, 0.6) is 11.5 Å². The fraction of sp³-hybridized carbons (Fsp3) is 0.453. The van der Waals surface area contributed by atoms with Gasteiger partial charge in [0.1, 0.15) is 11.6 Å². The first-order chi connectivity index (χ1) is 33.3. The molecule has 5 aromatic rings. The Labute approximate surface area is 400 Å². The number of hydrogen-bond donors (Lipinski definition) is 4. The molecule has 10 rings (SSSR count). The maximum atomic E-state index is 16.1. The number of anilines is 1. The summed E-state index contributed by atoms with van der Waals surface area (Å²) in [7, 11) is 3.19. The van der Waals surface area contributed by atoms with Crippen LogP contribution < -0.4 is 36.1 Å². The average Bonchev–Trinajstić information content (AvgIpc) is 3.88. The second-order valence-electron chi connectivity index (χ2n) is 19.7. The van der Waals surface area contributed by atoms with Crippen LogP contribution in [0.4, 0.5) is 19.4 Å². The number of aromatic nitrogens is 2. The summed E-state index contributed by atoms with van der Waals surface area (Å²) in [5.74, 6) is -0.854. The summed E-state index contributed by atoms with van der Waals surface area (Å²) in [6.07, 6.45) is 7.64. The highest BCUT2D eigenvalue weighted by atomic mass is 19.1. The van der Waals surface area contributed by atoms with Crippen molar-refractivity contribution in [1.82, 2.24) is 30.6 Å². The normalized spacial score (nSPS) is 24.0. The number of primary amides is 1. The first-order valence-corrected chi connectivity index (χ1v) is 24.2. The summed E-state index contributed by atoms with van der Waals surface area (Å²) in [4.78, 5) is 54.4. The van der Waals surface area contributed by atoms with Gasteiger partial charge in [0.2, 0.25) is 17.7 Å². The molecular formula is C53H58F2N8O6. The number of rotatable bonds is 13. The molecule has 4 heterocycles. The Morgan fingerprint density at radius 1 is 0.971 bits per heavy atom. The van der Waals surface area contributed by atoms with E-state index in [0.717, 1.165) is 93.0 Å². The number of imide groups is 1. The molecule has 16 heteroatoms. The summed E-state index contributed by atoms with van der Waals surface area (Å²) < 4.78 is 45.7. The van der Waals surface area contributed by atoms with Crippen LogP contribution in [0.2, 0.25) is 0 Å². The van der Waals surface area contributed by atoms with Crippen LogP contribution in [-0.4, -0.2) is 90.4 Å². The summed E-state index contributed by atoms with van der Waals surface area (Å²) >= 11 is 0. The number of aryl methyl sites for hydroxylation is 1. The zero-order valence-electron chi connectivity index (χ0n) is 39.3. The summed E-state index contributed by atoms with van der Waals surface area (Å²) in [6, 6.07) is 22.4. The lowest BCUT2D eigenvalue weighted by atomic mass is 9.78. The number of carbonyl (C=O) groups is 4. The number of halogens is 2. The van der Waals surface area contributed by atoms with Crippen LogP contribution in [0.1, 0.15) is 96.3 Å². The minimum absolute atomic E-state index is 0.0527. The van der Waals surface area contributed by atoms with Crippen molar-refractivity contribution in [3.8, 4) is 22.6 Å². The van der Waals surface area contributed by atoms with Crippen molar-refractivity contribution in [2.24, 2.45) is 24.6 Å². The quantitative estimate of drug-likeness (QED) is 0.0999. The molecule has 0 bridgehead atoms. The van der Waals surface area contributed by atoms with Crippen molar-refractivity contribution in [2.75, 3.05) is 44.7 Å². The van der Waals surface area contributed by atoms with Crippen molar-refractivity contribution in [3.05, 3.63) is 106 Å². The Morgan fingerprint density at radius 2 is 1.72 bits per heavy atom. The molecule has 4 fully saturated rings. The Morgan fingerprint density at radius 3 is 2.43 bits per heavy atom. The Hall–Kier alpha value is -6.57. The van der Waals surface area contributed by atoms with Gasteiger partial charge in [-0.2, -0.15) is 5.10 Å². The first kappa shape index (κ1) is 46.2. The van der Waals surface area contributed by atoms with Gasteiger partial charge >= 0.3 is 6.03 Å². The number of nitrogens with zero attached hydrogens (tertiary/aromatic N) is 4. The minimum atomic E-state index is -0.968. The molecule has 69 heavy (non-hydrogen) atoms. The molecule has 1 atom stereocenters. The number of amides is 5. The van der Waals surface area contributed by atoms with Crippen molar-refractivity contribution in [1.29, 1.82) is 0 Å². The van der Waals surface area contributed by atoms with Crippen LogP contribution in [0.25, 0.3) is 22.0 Å². The molecule has 5 aliphatic rings. The summed E-state index contributed by atoms with van der Waals surface area (Å²) in [5, 5.41) is 14.8. The highest BCUT2D eigenvalue weighted by Gasteiger charge is 2.45. The number of hydrogen-bond acceptors (Lipinski definition) is 9. The van der Waals surface area contributed by atoms with E-state index >= 15 is 8.78 Å². The monoisotopic (exact) mass is 940 g/mol. The molecule has 5 N–H and O–H groups in total. The van der Waals surface area contributed by atoms with Gasteiger partial charge < -0.3 is 30.7 Å². The Bertz CT molecular complexity index is 2820. The zero-order valence-corrected chi connectivity index (χ0v) is 39.3. The molecule has 2 saturated carbocycles. The number of piperidine rings is 1. The molecule has 4 aromatic carbocycles. The van der Waals surface area contributed by atoms with Gasteiger partial charge in [0.05, 0.1) is 23.6 Å². The number of fused-ring (bicyclic) bond motifs is 2. The van der Waals surface area contributed by atoms with E-state index in [-0.39, 0.29) is 83.0 Å². The summed E-state index contributed by atoms with van der Waals surface area (Å²) in [6.45, 7) is 5.23. The van der Waals surface area contributed by atoms with Crippen molar-refractivity contribution in [3.63, 3.8) is 0 Å². The van der Waals surface area contributed by atoms with E-state index < -0.39 is 29.2 Å². The molecular weight excluding hydrogens is 883 g/mol. The molecule has 1 aromatic heterocycles. The molecule has 3 aliphatic heterocycles. The fourth-order valence-electron chi connectivity index (χ4n) is 11.5. The van der Waals surface area contributed by atoms with E-state index in [1.165, 1.54) is 30.2 Å². The number of nitrogens with two attached hydrogens (primary N) is 1. The van der Waals surface area contributed by atoms with E-state index in [1.807, 2.05) is 37.4 Å². The van der Waals surface area contributed by atoms with Crippen molar-refractivity contribution >= 4 is 40.5 Å². The van der Waals surface area contributed by atoms with Gasteiger partial charge in [-0.15, -0.1) is 0 Å². The highest BCUT2D eigenvalue weighted by molar-refractivity contribution is 6.08. The number of carbonyl (C=O) groups excluding carboxylic acids is 4. The lowest BCUT2D eigenvalue weighted by molar-refractivity contribution is -0.127. The maximum Gasteiger partial charge on any atom is 0.329 e. The minimum Gasteiger partial charge on any atom is -0.494 e. The maximum absolute atomic E-state index is 16.1. The van der Waals surface area contributed by atoms with Gasteiger partial charge in [-0.05, 0) is 118 Å². The standard InChI is InChI=1S/C53H58F2N8O6/c1-30-41(54)26-44-40(46(30)47-39(49(56)65)15-16-43(68-3)48(47)55)27-53(69-44,35-7-5-4-6-8-35)29-57-36-12-9-33(10-13-36)51(66)58-37-23-31(24-37)28-62-20-17-32(18-21-62)34-11-14-38-42(25-34)61(2)60-50(38)63-22-19-45(64)59-52(63)67/h4-8,15-16,25-26,31-33,36-37,57H,9-10,12-13,17-24,27-29H2,1-3H3,(H2,56,65)(H,58,66)(H,59,64,67)/t31?,33?,36?,37?,53-/m1/s1. The molecule has 2 aliphatic carbocycles. The Balaban J connectivity index is 0.703. The first-order valence-electron chi connectivity index (χ1n) is 24.2. The number of urea groups is 1. The lowest BCUT2D eigenvalue weighted by Gasteiger charge is -2.41. The highest BCUT2D eigenvalue weighted by Crippen LogP contribution is 2.49. The second-order valence-corrected chi connectivity index (χ2v) is 19.7. The Kier molecular flexibility index (Phi) is 12.5. The number of methoxy groups -OCH3 is 1. The fourth-order valence-corrected chi connectivity index (χ4v) is 11.5. The SMILES string of the molecule is COc1ccc(C(N)=O)c(-c2c(C)c(F)cc3c2C[C@@](CNC2CCC(C(=O)NC4CC(CN5CCC(c6c#cc7c(N8CCC(=O)NC8=O)nn(C)c7c6)CC5)C4)CC2)(c2ccccc2)O3)c1F. The molecule has 0 unspecified atom stereocenters. The van der Waals surface area contributed by atoms with Gasteiger partial charge in [0.15, 0.2) is 23.0 Å². The summed E-state index contributed by atoms with van der Waals surface area (Å²) in [5.41, 5.74) is 8.43. The van der Waals surface area contributed by atoms with E-state index in [0.29, 0.717) is 29.8 Å². The van der Waals surface area contributed by atoms with E-state index in [9.17, 15) is 19.2 Å². The molecule has 2 saturated heterocycles. The van der Waals surface area contributed by atoms with E-state index in [2.05, 4.69) is 44.1 Å². The van der Waals surface area contributed by atoms with Crippen LogP contribution in [0, 0.1) is 42.5 Å². The third-order valence-electron chi connectivity index (χ3n) is 15.4. The van der Waals surface area contributed by atoms with E-state index in [1.54, 1.807) is 11.6 Å². The largest absolute Gasteiger partial charge is 0.494 e. The smallest absolute Gasteiger partial charge is 0.329 e. The molecule has 0 spiro atoms. The number of nitrogens with one attached hydrogen (secondary N) is 3.